The first kappa shape index (κ1) is 15.5. The molecule has 0 atom stereocenters. The third-order valence-corrected chi connectivity index (χ3v) is 6.58. The number of nitrogens with one attached hydrogen (secondary N) is 1. The Bertz CT molecular complexity index is 592. The lowest BCUT2D eigenvalue weighted by Gasteiger charge is -2.09. The summed E-state index contributed by atoms with van der Waals surface area (Å²) < 4.78 is 2.41. The van der Waals surface area contributed by atoms with Gasteiger partial charge in [-0.25, -0.2) is 0 Å². The maximum atomic E-state index is 12.1. The van der Waals surface area contributed by atoms with E-state index < -0.39 is 0 Å². The van der Waals surface area contributed by atoms with Crippen LogP contribution in [0.15, 0.2) is 42.7 Å². The zero-order valence-electron chi connectivity index (χ0n) is 12.3. The van der Waals surface area contributed by atoms with E-state index in [4.69, 9.17) is 0 Å². The van der Waals surface area contributed by atoms with Crippen LogP contribution in [0.1, 0.15) is 26.9 Å². The van der Waals surface area contributed by atoms with Gasteiger partial charge in [0.2, 0.25) is 0 Å². The minimum absolute atomic E-state index is 0.00116. The molecule has 1 amide bonds. The van der Waals surface area contributed by atoms with Crippen LogP contribution in [0.3, 0.4) is 0 Å². The molecule has 1 N–H and O–H groups in total. The van der Waals surface area contributed by atoms with Crippen molar-refractivity contribution in [1.29, 1.82) is 0 Å². The van der Waals surface area contributed by atoms with Crippen LogP contribution in [0, 0.1) is 0 Å². The zero-order chi connectivity index (χ0) is 15.2. The predicted octanol–water partition coefficient (Wildman–Crippen LogP) is 3.18. The average molecular weight is 333 g/mol. The van der Waals surface area contributed by atoms with Gasteiger partial charge < -0.3 is 5.32 Å². The van der Waals surface area contributed by atoms with Crippen molar-refractivity contribution in [2.75, 3.05) is 18.1 Å². The van der Waals surface area contributed by atoms with Crippen molar-refractivity contribution in [2.24, 2.45) is 0 Å². The van der Waals surface area contributed by atoms with Crippen molar-refractivity contribution in [1.82, 2.24) is 15.1 Å². The van der Waals surface area contributed by atoms with Gasteiger partial charge in [0.25, 0.3) is 5.91 Å². The van der Waals surface area contributed by atoms with E-state index in [1.165, 1.54) is 17.1 Å². The number of carbonyl (C=O) groups excluding carboxylic acids is 1. The smallest absolute Gasteiger partial charge is 0.251 e. The van der Waals surface area contributed by atoms with Crippen LogP contribution in [0.25, 0.3) is 0 Å². The number of amides is 1. The van der Waals surface area contributed by atoms with Crippen LogP contribution in [0.4, 0.5) is 0 Å². The molecule has 1 aliphatic heterocycles. The molecule has 0 unspecified atom stereocenters. The quantitative estimate of drug-likeness (QED) is 0.825. The third-order valence-electron chi connectivity index (χ3n) is 3.48. The lowest BCUT2D eigenvalue weighted by atomic mass is 10.1. The molecular formula is C16H19N3OS2. The fourth-order valence-corrected chi connectivity index (χ4v) is 5.18. The Balaban J connectivity index is 1.45. The summed E-state index contributed by atoms with van der Waals surface area (Å²) in [5.41, 5.74) is 2.04. The highest BCUT2D eigenvalue weighted by molar-refractivity contribution is 8.19. The Hall–Kier alpha value is -1.40. The number of thioether (sulfide) groups is 2. The van der Waals surface area contributed by atoms with Gasteiger partial charge in [0.05, 0.1) is 4.58 Å². The van der Waals surface area contributed by atoms with Crippen LogP contribution in [0.5, 0.6) is 0 Å². The number of hydrogen-bond donors (Lipinski definition) is 1. The van der Waals surface area contributed by atoms with Gasteiger partial charge in [0.1, 0.15) is 0 Å². The molecule has 22 heavy (non-hydrogen) atoms. The van der Waals surface area contributed by atoms with Crippen molar-refractivity contribution >= 4 is 29.4 Å². The molecule has 0 aliphatic carbocycles. The second-order valence-corrected chi connectivity index (χ2v) is 7.80. The van der Waals surface area contributed by atoms with Gasteiger partial charge in [-0.1, -0.05) is 12.1 Å². The van der Waals surface area contributed by atoms with E-state index in [1.807, 2.05) is 52.6 Å². The van der Waals surface area contributed by atoms with Crippen molar-refractivity contribution in [3.8, 4) is 0 Å². The molecular weight excluding hydrogens is 314 g/mol. The highest BCUT2D eigenvalue weighted by Gasteiger charge is 2.18. The van der Waals surface area contributed by atoms with Crippen molar-refractivity contribution in [3.63, 3.8) is 0 Å². The van der Waals surface area contributed by atoms with Gasteiger partial charge >= 0.3 is 0 Å². The first-order chi connectivity index (χ1) is 10.8. The van der Waals surface area contributed by atoms with Gasteiger partial charge in [-0.2, -0.15) is 5.10 Å². The maximum absolute atomic E-state index is 12.1. The summed E-state index contributed by atoms with van der Waals surface area (Å²) >= 11 is 3.96. The van der Waals surface area contributed by atoms with Gasteiger partial charge in [0.15, 0.2) is 0 Å². The Morgan fingerprint density at radius 1 is 1.27 bits per heavy atom. The van der Waals surface area contributed by atoms with Crippen LogP contribution < -0.4 is 5.32 Å². The normalized spacial score (nSPS) is 15.1. The second-order valence-electron chi connectivity index (χ2n) is 5.07. The van der Waals surface area contributed by atoms with Gasteiger partial charge in [-0.15, -0.1) is 23.5 Å². The fraction of sp³-hybridized carbons (Fsp3) is 0.375. The van der Waals surface area contributed by atoms with Gasteiger partial charge in [0, 0.05) is 42.6 Å². The largest absolute Gasteiger partial charge is 0.352 e. The van der Waals surface area contributed by atoms with Crippen molar-refractivity contribution < 1.29 is 4.79 Å². The number of aromatic nitrogens is 2. The number of benzene rings is 1. The molecule has 1 aliphatic rings. The average Bonchev–Trinajstić information content (AvgIpc) is 3.25. The Labute approximate surface area is 139 Å². The topological polar surface area (TPSA) is 46.9 Å². The van der Waals surface area contributed by atoms with Crippen LogP contribution in [0.2, 0.25) is 0 Å². The predicted molar refractivity (Wildman–Crippen MR) is 93.3 cm³/mol. The molecule has 0 radical (unpaired) electrons. The number of carbonyl (C=O) groups is 1. The summed E-state index contributed by atoms with van der Waals surface area (Å²) in [4.78, 5) is 12.1. The Morgan fingerprint density at radius 2 is 2.05 bits per heavy atom. The summed E-state index contributed by atoms with van der Waals surface area (Å²) in [6, 6.07) is 9.92. The number of hydrogen-bond acceptors (Lipinski definition) is 4. The molecule has 0 bridgehead atoms. The van der Waals surface area contributed by atoms with E-state index in [2.05, 4.69) is 22.5 Å². The van der Waals surface area contributed by atoms with E-state index >= 15 is 0 Å². The van der Waals surface area contributed by atoms with Crippen LogP contribution in [-0.2, 0) is 6.54 Å². The van der Waals surface area contributed by atoms with Crippen LogP contribution >= 0.6 is 23.5 Å². The molecule has 1 aromatic heterocycles. The number of nitrogens with zero attached hydrogens (tertiary/aromatic N) is 2. The minimum atomic E-state index is -0.00116. The van der Waals surface area contributed by atoms with Gasteiger partial charge in [-0.3, -0.25) is 9.48 Å². The minimum Gasteiger partial charge on any atom is -0.352 e. The molecule has 6 heteroatoms. The highest BCUT2D eigenvalue weighted by atomic mass is 32.2. The second kappa shape index (κ2) is 7.74. The van der Waals surface area contributed by atoms with Crippen molar-refractivity contribution in [2.45, 2.75) is 17.5 Å². The molecule has 3 rings (SSSR count). The summed E-state index contributed by atoms with van der Waals surface area (Å²) in [5.74, 6) is 2.43. The number of aryl methyl sites for hydroxylation is 1. The zero-order valence-corrected chi connectivity index (χ0v) is 13.9. The number of rotatable bonds is 6. The van der Waals surface area contributed by atoms with Crippen LogP contribution in [-0.4, -0.2) is 33.7 Å². The lowest BCUT2D eigenvalue weighted by molar-refractivity contribution is 0.0952. The monoisotopic (exact) mass is 333 g/mol. The van der Waals surface area contributed by atoms with E-state index in [9.17, 15) is 4.79 Å². The molecule has 0 saturated carbocycles. The molecule has 1 aromatic carbocycles. The fourth-order valence-electron chi connectivity index (χ4n) is 2.32. The molecule has 2 heterocycles. The van der Waals surface area contributed by atoms with E-state index in [1.54, 1.807) is 6.20 Å². The molecule has 116 valence electrons. The molecule has 0 spiro atoms. The molecule has 1 saturated heterocycles. The molecule has 1 fully saturated rings. The standard InChI is InChI=1S/C16H19N3OS2/c20-15(17-7-1-9-19-10-2-8-18-19)13-3-5-14(6-4-13)16-21-11-12-22-16/h2-6,8,10,16H,1,7,9,11-12H2,(H,17,20). The summed E-state index contributed by atoms with van der Waals surface area (Å²) in [6.07, 6.45) is 4.57. The maximum Gasteiger partial charge on any atom is 0.251 e. The summed E-state index contributed by atoms with van der Waals surface area (Å²) in [5, 5.41) is 7.10. The first-order valence-electron chi connectivity index (χ1n) is 7.42. The summed E-state index contributed by atoms with van der Waals surface area (Å²) in [7, 11) is 0. The molecule has 4 nitrogen and oxygen atoms in total. The summed E-state index contributed by atoms with van der Waals surface area (Å²) in [6.45, 7) is 1.48. The Morgan fingerprint density at radius 3 is 2.73 bits per heavy atom. The molecule has 2 aromatic rings. The third kappa shape index (κ3) is 4.08. The van der Waals surface area contributed by atoms with E-state index in [0.29, 0.717) is 11.1 Å². The highest BCUT2D eigenvalue weighted by Crippen LogP contribution is 2.45. The lowest BCUT2D eigenvalue weighted by Crippen LogP contribution is -2.25. The first-order valence-corrected chi connectivity index (χ1v) is 9.51. The van der Waals surface area contributed by atoms with Gasteiger partial charge in [-0.05, 0) is 30.2 Å². The van der Waals surface area contributed by atoms with E-state index in [0.717, 1.165) is 18.5 Å². The van der Waals surface area contributed by atoms with E-state index in [-0.39, 0.29) is 5.91 Å². The Kier molecular flexibility index (Phi) is 5.45. The van der Waals surface area contributed by atoms with Crippen molar-refractivity contribution in [3.05, 3.63) is 53.9 Å². The SMILES string of the molecule is O=C(NCCCn1cccn1)c1ccc(C2SCCS2)cc1.